The van der Waals surface area contributed by atoms with E-state index in [4.69, 9.17) is 5.41 Å². The Morgan fingerprint density at radius 3 is 2.82 bits per heavy atom. The molecule has 3 N–H and O–H groups in total. The molecule has 0 fully saturated rings. The Kier molecular flexibility index (Phi) is 5.07. The van der Waals surface area contributed by atoms with E-state index in [9.17, 15) is 9.18 Å². The van der Waals surface area contributed by atoms with Gasteiger partial charge in [0.25, 0.3) is 5.56 Å². The lowest BCUT2D eigenvalue weighted by Gasteiger charge is -2.11. The van der Waals surface area contributed by atoms with E-state index in [-0.39, 0.29) is 15.7 Å². The third-order valence-electron chi connectivity index (χ3n) is 3.15. The van der Waals surface area contributed by atoms with Crippen LogP contribution >= 0.6 is 15.9 Å². The number of rotatable bonds is 5. The Bertz CT molecular complexity index is 773. The van der Waals surface area contributed by atoms with Crippen LogP contribution in [-0.4, -0.2) is 22.7 Å². The van der Waals surface area contributed by atoms with Gasteiger partial charge >= 0.3 is 0 Å². The number of benzene rings is 1. The highest BCUT2D eigenvalue weighted by molar-refractivity contribution is 9.10. The summed E-state index contributed by atoms with van der Waals surface area (Å²) in [5, 5.41) is 10.9. The van der Waals surface area contributed by atoms with E-state index >= 15 is 0 Å². The maximum atomic E-state index is 13.3. The van der Waals surface area contributed by atoms with Crippen LogP contribution in [0.25, 0.3) is 11.4 Å². The zero-order chi connectivity index (χ0) is 16.3. The van der Waals surface area contributed by atoms with Crippen molar-refractivity contribution in [2.45, 2.75) is 19.8 Å². The molecular weight excluding hydrogens is 351 g/mol. The molecule has 0 radical (unpaired) electrons. The predicted octanol–water partition coefficient (Wildman–Crippen LogP) is 3.55. The molecule has 7 heteroatoms. The van der Waals surface area contributed by atoms with Crippen LogP contribution in [0.2, 0.25) is 0 Å². The lowest BCUT2D eigenvalue weighted by Crippen LogP contribution is -2.20. The number of anilines is 1. The highest BCUT2D eigenvalue weighted by Gasteiger charge is 2.15. The second-order valence-corrected chi connectivity index (χ2v) is 5.60. The van der Waals surface area contributed by atoms with Crippen LogP contribution in [0.5, 0.6) is 0 Å². The van der Waals surface area contributed by atoms with Gasteiger partial charge in [0, 0.05) is 12.6 Å². The summed E-state index contributed by atoms with van der Waals surface area (Å²) in [7, 11) is 1.61. The van der Waals surface area contributed by atoms with Crippen LogP contribution in [0, 0.1) is 11.2 Å². The minimum atomic E-state index is -0.392. The quantitative estimate of drug-likeness (QED) is 0.707. The van der Waals surface area contributed by atoms with Crippen molar-refractivity contribution >= 4 is 27.3 Å². The first-order valence-corrected chi connectivity index (χ1v) is 7.62. The summed E-state index contributed by atoms with van der Waals surface area (Å²) in [6.07, 6.45) is 1.31. The van der Waals surface area contributed by atoms with Crippen molar-refractivity contribution < 1.29 is 4.39 Å². The molecule has 2 aromatic rings. The van der Waals surface area contributed by atoms with Gasteiger partial charge in [-0.3, -0.25) is 4.79 Å². The average Bonchev–Trinajstić information content (AvgIpc) is 2.49. The first kappa shape index (κ1) is 16.4. The molecule has 5 nitrogen and oxygen atoms in total. The number of H-pyrrole nitrogens is 1. The third kappa shape index (κ3) is 3.24. The van der Waals surface area contributed by atoms with Gasteiger partial charge in [-0.05, 0) is 40.5 Å². The van der Waals surface area contributed by atoms with Gasteiger partial charge in [-0.25, -0.2) is 9.37 Å². The molecule has 0 spiro atoms. The minimum absolute atomic E-state index is 0.267. The second kappa shape index (κ2) is 6.83. The Hall–Kier alpha value is -2.02. The largest absolute Gasteiger partial charge is 0.382 e. The summed E-state index contributed by atoms with van der Waals surface area (Å²) < 4.78 is 13.6. The summed E-state index contributed by atoms with van der Waals surface area (Å²) in [5.74, 6) is -0.0857. The SMILES string of the molecule is CCCC(=N)c1nc(-c2ccc(F)c(Br)c2)[nH]c(=O)c1NC. The lowest BCUT2D eigenvalue weighted by molar-refractivity contribution is 0.621. The summed E-state index contributed by atoms with van der Waals surface area (Å²) in [4.78, 5) is 19.2. The molecule has 22 heavy (non-hydrogen) atoms. The molecule has 0 amide bonds. The maximum Gasteiger partial charge on any atom is 0.275 e. The number of nitrogens with zero attached hydrogens (tertiary/aromatic N) is 1. The smallest absolute Gasteiger partial charge is 0.275 e. The van der Waals surface area contributed by atoms with E-state index in [2.05, 4.69) is 31.2 Å². The molecule has 2 rings (SSSR count). The third-order valence-corrected chi connectivity index (χ3v) is 3.76. The molecule has 0 unspecified atom stereocenters. The molecular formula is C15H16BrFN4O. The fraction of sp³-hybridized carbons (Fsp3) is 0.267. The molecule has 1 heterocycles. The Labute approximate surface area is 135 Å². The summed E-state index contributed by atoms with van der Waals surface area (Å²) in [6.45, 7) is 1.96. The number of halogens is 2. The summed E-state index contributed by atoms with van der Waals surface area (Å²) in [5.41, 5.74) is 1.09. The molecule has 0 aliphatic carbocycles. The first-order valence-electron chi connectivity index (χ1n) is 6.83. The van der Waals surface area contributed by atoms with Crippen LogP contribution in [0.4, 0.5) is 10.1 Å². The van der Waals surface area contributed by atoms with Gasteiger partial charge in [0.05, 0.1) is 10.2 Å². The van der Waals surface area contributed by atoms with E-state index < -0.39 is 5.82 Å². The van der Waals surface area contributed by atoms with E-state index in [1.807, 2.05) is 6.92 Å². The number of nitrogens with one attached hydrogen (secondary N) is 3. The molecule has 0 saturated heterocycles. The van der Waals surface area contributed by atoms with Gasteiger partial charge in [0.15, 0.2) is 0 Å². The van der Waals surface area contributed by atoms with Gasteiger partial charge in [0.2, 0.25) is 0 Å². The standard InChI is InChI=1S/C15H16BrFN4O/c1-3-4-11(18)12-13(19-2)15(22)21-14(20-12)8-5-6-10(17)9(16)7-8/h5-7,18-19H,3-4H2,1-2H3,(H,20,21,22). The molecule has 116 valence electrons. The molecule has 1 aromatic carbocycles. The van der Waals surface area contributed by atoms with Crippen molar-refractivity contribution in [3.8, 4) is 11.4 Å². The van der Waals surface area contributed by atoms with Crippen LogP contribution in [-0.2, 0) is 0 Å². The first-order chi connectivity index (χ1) is 10.5. The van der Waals surface area contributed by atoms with E-state index in [0.717, 1.165) is 6.42 Å². The van der Waals surface area contributed by atoms with Crippen molar-refractivity contribution in [3.05, 3.63) is 44.5 Å². The highest BCUT2D eigenvalue weighted by Crippen LogP contribution is 2.23. The van der Waals surface area contributed by atoms with Gasteiger partial charge in [-0.1, -0.05) is 13.3 Å². The number of aromatic nitrogens is 2. The Balaban J connectivity index is 2.60. The molecule has 0 saturated carbocycles. The monoisotopic (exact) mass is 366 g/mol. The molecule has 0 atom stereocenters. The van der Waals surface area contributed by atoms with Gasteiger partial charge in [-0.2, -0.15) is 0 Å². The van der Waals surface area contributed by atoms with Crippen molar-refractivity contribution in [2.24, 2.45) is 0 Å². The highest BCUT2D eigenvalue weighted by atomic mass is 79.9. The number of aromatic amines is 1. The molecule has 0 aliphatic rings. The van der Waals surface area contributed by atoms with Crippen molar-refractivity contribution in [3.63, 3.8) is 0 Å². The fourth-order valence-electron chi connectivity index (χ4n) is 2.07. The maximum absolute atomic E-state index is 13.3. The van der Waals surface area contributed by atoms with Crippen LogP contribution in [0.1, 0.15) is 25.5 Å². The molecule has 0 aliphatic heterocycles. The van der Waals surface area contributed by atoms with Gasteiger partial charge in [-0.15, -0.1) is 0 Å². The average molecular weight is 367 g/mol. The van der Waals surface area contributed by atoms with Crippen LogP contribution in [0.15, 0.2) is 27.5 Å². The van der Waals surface area contributed by atoms with E-state index in [0.29, 0.717) is 29.2 Å². The van der Waals surface area contributed by atoms with Crippen LogP contribution < -0.4 is 10.9 Å². The number of hydrogen-bond acceptors (Lipinski definition) is 4. The lowest BCUT2D eigenvalue weighted by atomic mass is 10.1. The minimum Gasteiger partial charge on any atom is -0.382 e. The zero-order valence-electron chi connectivity index (χ0n) is 12.3. The normalized spacial score (nSPS) is 10.5. The Morgan fingerprint density at radius 1 is 1.50 bits per heavy atom. The van der Waals surface area contributed by atoms with E-state index in [1.54, 1.807) is 13.1 Å². The van der Waals surface area contributed by atoms with Crippen molar-refractivity contribution in [1.82, 2.24) is 9.97 Å². The molecule has 0 bridgehead atoms. The van der Waals surface area contributed by atoms with Gasteiger partial charge in [0.1, 0.15) is 23.0 Å². The predicted molar refractivity (Wildman–Crippen MR) is 89.2 cm³/mol. The second-order valence-electron chi connectivity index (χ2n) is 4.75. The van der Waals surface area contributed by atoms with Crippen LogP contribution in [0.3, 0.4) is 0 Å². The fourth-order valence-corrected chi connectivity index (χ4v) is 2.45. The molecule has 1 aromatic heterocycles. The summed E-state index contributed by atoms with van der Waals surface area (Å²) >= 11 is 3.11. The topological polar surface area (TPSA) is 81.6 Å². The van der Waals surface area contributed by atoms with Crippen molar-refractivity contribution in [2.75, 3.05) is 12.4 Å². The number of hydrogen-bond donors (Lipinski definition) is 3. The zero-order valence-corrected chi connectivity index (χ0v) is 13.8. The van der Waals surface area contributed by atoms with E-state index in [1.165, 1.54) is 12.1 Å². The Morgan fingerprint density at radius 2 is 2.23 bits per heavy atom. The van der Waals surface area contributed by atoms with Gasteiger partial charge < -0.3 is 15.7 Å². The summed E-state index contributed by atoms with van der Waals surface area (Å²) in [6, 6.07) is 4.37. The van der Waals surface area contributed by atoms with Crippen molar-refractivity contribution in [1.29, 1.82) is 5.41 Å².